The van der Waals surface area contributed by atoms with Crippen molar-refractivity contribution in [2.45, 2.75) is 11.8 Å². The van der Waals surface area contributed by atoms with Crippen LogP contribution in [0.1, 0.15) is 17.3 Å². The Labute approximate surface area is 214 Å². The standard InChI is InChI=1S/C27H26N4O5S/c1-18(32)29-24-15-22(19-3-5-21(6-4-19)27(33)30-11-13-36-14-12-30)17-31-25(16-28-26(24)31)20-7-9-23(10-8-20)37(2,34)35/h3-10,15-17H,11-14H2,1-2H3,(H,29,32). The van der Waals surface area contributed by atoms with Gasteiger partial charge in [0.05, 0.1) is 35.7 Å². The van der Waals surface area contributed by atoms with Crippen molar-refractivity contribution in [3.8, 4) is 22.4 Å². The Kier molecular flexibility index (Phi) is 6.53. The van der Waals surface area contributed by atoms with Crippen LogP contribution < -0.4 is 5.32 Å². The molecule has 9 nitrogen and oxygen atoms in total. The quantitative estimate of drug-likeness (QED) is 0.433. The van der Waals surface area contributed by atoms with Crippen LogP contribution in [0.15, 0.2) is 71.9 Å². The van der Waals surface area contributed by atoms with E-state index in [0.29, 0.717) is 43.2 Å². The van der Waals surface area contributed by atoms with Gasteiger partial charge in [-0.2, -0.15) is 0 Å². The van der Waals surface area contributed by atoms with Crippen molar-refractivity contribution in [3.63, 3.8) is 0 Å². The van der Waals surface area contributed by atoms with E-state index >= 15 is 0 Å². The molecule has 4 aromatic rings. The number of fused-ring (bicyclic) bond motifs is 1. The van der Waals surface area contributed by atoms with Crippen LogP contribution in [-0.4, -0.2) is 67.1 Å². The Morgan fingerprint density at radius 1 is 0.946 bits per heavy atom. The predicted molar refractivity (Wildman–Crippen MR) is 140 cm³/mol. The Hall–Kier alpha value is -4.02. The number of nitrogens with zero attached hydrogens (tertiary/aromatic N) is 3. The van der Waals surface area contributed by atoms with E-state index in [0.717, 1.165) is 22.4 Å². The zero-order valence-corrected chi connectivity index (χ0v) is 21.3. The molecule has 2 aromatic carbocycles. The van der Waals surface area contributed by atoms with Gasteiger partial charge in [0, 0.05) is 49.2 Å². The van der Waals surface area contributed by atoms with Crippen LogP contribution in [0.5, 0.6) is 0 Å². The number of aromatic nitrogens is 2. The second-order valence-electron chi connectivity index (χ2n) is 8.94. The number of hydrogen-bond donors (Lipinski definition) is 1. The number of morpholine rings is 1. The number of nitrogens with one attached hydrogen (secondary N) is 1. The normalized spacial score (nSPS) is 14.1. The molecule has 190 valence electrons. The molecule has 1 aliphatic heterocycles. The van der Waals surface area contributed by atoms with Crippen LogP contribution in [-0.2, 0) is 19.4 Å². The first kappa shape index (κ1) is 24.7. The lowest BCUT2D eigenvalue weighted by Crippen LogP contribution is -2.40. The summed E-state index contributed by atoms with van der Waals surface area (Å²) in [6, 6.07) is 15.8. The number of amides is 2. The van der Waals surface area contributed by atoms with Gasteiger partial charge in [-0.1, -0.05) is 24.3 Å². The van der Waals surface area contributed by atoms with Crippen molar-refractivity contribution in [2.75, 3.05) is 37.9 Å². The third kappa shape index (κ3) is 5.11. The van der Waals surface area contributed by atoms with E-state index in [4.69, 9.17) is 4.74 Å². The summed E-state index contributed by atoms with van der Waals surface area (Å²) < 4.78 is 30.9. The van der Waals surface area contributed by atoms with Crippen LogP contribution in [0, 0.1) is 0 Å². The summed E-state index contributed by atoms with van der Waals surface area (Å²) in [5, 5.41) is 2.85. The summed E-state index contributed by atoms with van der Waals surface area (Å²) in [6.45, 7) is 3.67. The summed E-state index contributed by atoms with van der Waals surface area (Å²) in [7, 11) is -3.31. The zero-order chi connectivity index (χ0) is 26.2. The molecule has 0 bridgehead atoms. The lowest BCUT2D eigenvalue weighted by atomic mass is 10.0. The second kappa shape index (κ2) is 9.79. The highest BCUT2D eigenvalue weighted by Crippen LogP contribution is 2.31. The molecule has 1 fully saturated rings. The molecular weight excluding hydrogens is 492 g/mol. The Bertz CT molecular complexity index is 1590. The highest BCUT2D eigenvalue weighted by Gasteiger charge is 2.19. The van der Waals surface area contributed by atoms with E-state index < -0.39 is 9.84 Å². The number of imidazole rings is 1. The number of carbonyl (C=O) groups is 2. The molecule has 1 aliphatic rings. The summed E-state index contributed by atoms with van der Waals surface area (Å²) in [5.74, 6) is -0.258. The number of sulfone groups is 1. The molecule has 0 aliphatic carbocycles. The minimum absolute atomic E-state index is 0.0290. The number of anilines is 1. The first-order valence-electron chi connectivity index (χ1n) is 11.8. The third-order valence-electron chi connectivity index (χ3n) is 6.26. The minimum atomic E-state index is -3.31. The van der Waals surface area contributed by atoms with Gasteiger partial charge in [0.25, 0.3) is 5.91 Å². The van der Waals surface area contributed by atoms with Gasteiger partial charge in [-0.15, -0.1) is 0 Å². The molecule has 3 heterocycles. The van der Waals surface area contributed by atoms with Crippen LogP contribution >= 0.6 is 0 Å². The van der Waals surface area contributed by atoms with E-state index in [1.807, 2.05) is 28.8 Å². The van der Waals surface area contributed by atoms with Crippen LogP contribution in [0.25, 0.3) is 28.0 Å². The number of rotatable bonds is 5. The average molecular weight is 519 g/mol. The molecule has 0 saturated carbocycles. The van der Waals surface area contributed by atoms with Crippen molar-refractivity contribution in [1.29, 1.82) is 0 Å². The van der Waals surface area contributed by atoms with E-state index in [1.165, 1.54) is 13.2 Å². The molecule has 0 radical (unpaired) electrons. The lowest BCUT2D eigenvalue weighted by Gasteiger charge is -2.26. The average Bonchev–Trinajstić information content (AvgIpc) is 3.32. The van der Waals surface area contributed by atoms with Gasteiger partial charge < -0.3 is 15.0 Å². The predicted octanol–water partition coefficient (Wildman–Crippen LogP) is 3.50. The van der Waals surface area contributed by atoms with Crippen molar-refractivity contribution in [1.82, 2.24) is 14.3 Å². The van der Waals surface area contributed by atoms with Crippen LogP contribution in [0.3, 0.4) is 0 Å². The lowest BCUT2D eigenvalue weighted by molar-refractivity contribution is -0.114. The van der Waals surface area contributed by atoms with Crippen molar-refractivity contribution >= 4 is 33.0 Å². The van der Waals surface area contributed by atoms with Gasteiger partial charge in [0.1, 0.15) is 0 Å². The van der Waals surface area contributed by atoms with Crippen LogP contribution in [0.4, 0.5) is 5.69 Å². The number of hydrogen-bond acceptors (Lipinski definition) is 6. The molecule has 0 unspecified atom stereocenters. The van der Waals surface area contributed by atoms with Crippen molar-refractivity contribution in [2.24, 2.45) is 0 Å². The number of carbonyl (C=O) groups excluding carboxylic acids is 2. The fraction of sp³-hybridized carbons (Fsp3) is 0.222. The molecule has 37 heavy (non-hydrogen) atoms. The largest absolute Gasteiger partial charge is 0.378 e. The van der Waals surface area contributed by atoms with Crippen LogP contribution in [0.2, 0.25) is 0 Å². The highest BCUT2D eigenvalue weighted by molar-refractivity contribution is 7.90. The summed E-state index contributed by atoms with van der Waals surface area (Å²) >= 11 is 0. The smallest absolute Gasteiger partial charge is 0.254 e. The first-order chi connectivity index (χ1) is 17.7. The van der Waals surface area contributed by atoms with Gasteiger partial charge >= 0.3 is 0 Å². The fourth-order valence-corrected chi connectivity index (χ4v) is 5.00. The van der Waals surface area contributed by atoms with Gasteiger partial charge in [0.15, 0.2) is 15.5 Å². The fourth-order valence-electron chi connectivity index (χ4n) is 4.37. The molecular formula is C27H26N4O5S. The second-order valence-corrected chi connectivity index (χ2v) is 11.0. The van der Waals surface area contributed by atoms with E-state index in [2.05, 4.69) is 10.3 Å². The SMILES string of the molecule is CC(=O)Nc1cc(-c2ccc(C(=O)N3CCOCC3)cc2)cn2c(-c3ccc(S(C)(=O)=O)cc3)cnc12. The molecule has 1 saturated heterocycles. The van der Waals surface area contributed by atoms with E-state index in [9.17, 15) is 18.0 Å². The molecule has 10 heteroatoms. The maximum atomic E-state index is 12.8. The van der Waals surface area contributed by atoms with Crippen molar-refractivity contribution < 1.29 is 22.7 Å². The Morgan fingerprint density at radius 2 is 1.59 bits per heavy atom. The molecule has 0 atom stereocenters. The summed E-state index contributed by atoms with van der Waals surface area (Å²) in [5.41, 5.74) is 4.88. The monoisotopic (exact) mass is 518 g/mol. The molecule has 1 N–H and O–H groups in total. The van der Waals surface area contributed by atoms with Gasteiger partial charge in [0.2, 0.25) is 5.91 Å². The van der Waals surface area contributed by atoms with Crippen molar-refractivity contribution in [3.05, 3.63) is 72.6 Å². The third-order valence-corrected chi connectivity index (χ3v) is 7.39. The number of benzene rings is 2. The summed E-state index contributed by atoms with van der Waals surface area (Å²) in [4.78, 5) is 31.3. The zero-order valence-electron chi connectivity index (χ0n) is 20.5. The van der Waals surface area contributed by atoms with E-state index in [1.54, 1.807) is 47.5 Å². The van der Waals surface area contributed by atoms with E-state index in [-0.39, 0.29) is 16.7 Å². The molecule has 2 amide bonds. The van der Waals surface area contributed by atoms with Gasteiger partial charge in [-0.3, -0.25) is 14.0 Å². The topological polar surface area (TPSA) is 110 Å². The summed E-state index contributed by atoms with van der Waals surface area (Å²) in [6.07, 6.45) is 4.76. The first-order valence-corrected chi connectivity index (χ1v) is 13.7. The van der Waals surface area contributed by atoms with Gasteiger partial charge in [-0.05, 0) is 35.9 Å². The Morgan fingerprint density at radius 3 is 2.22 bits per heavy atom. The minimum Gasteiger partial charge on any atom is -0.378 e. The molecule has 0 spiro atoms. The molecule has 2 aromatic heterocycles. The highest BCUT2D eigenvalue weighted by atomic mass is 32.2. The Balaban J connectivity index is 1.54. The van der Waals surface area contributed by atoms with Gasteiger partial charge in [-0.25, -0.2) is 13.4 Å². The maximum Gasteiger partial charge on any atom is 0.254 e. The maximum absolute atomic E-state index is 12.8. The number of pyridine rings is 1. The molecule has 5 rings (SSSR count). The number of ether oxygens (including phenoxy) is 1.